The summed E-state index contributed by atoms with van der Waals surface area (Å²) in [5, 5.41) is 13.0. The number of hydrogen-bond donors (Lipinski definition) is 1. The number of carbonyl (C=O) groups excluding carboxylic acids is 2. The van der Waals surface area contributed by atoms with Crippen molar-refractivity contribution in [1.29, 1.82) is 5.26 Å². The van der Waals surface area contributed by atoms with Gasteiger partial charge in [0, 0.05) is 29.9 Å². The molecule has 34 heavy (non-hydrogen) atoms. The second kappa shape index (κ2) is 11.3. The number of hydrogen-bond acceptors (Lipinski definition) is 6. The first kappa shape index (κ1) is 23.2. The van der Waals surface area contributed by atoms with Crippen molar-refractivity contribution < 1.29 is 14.3 Å². The molecular formula is C26H24N4O3S. The monoisotopic (exact) mass is 472 g/mol. The highest BCUT2D eigenvalue weighted by molar-refractivity contribution is 7.16. The van der Waals surface area contributed by atoms with Crippen molar-refractivity contribution >= 4 is 34.4 Å². The molecule has 4 rings (SSSR count). The number of rotatable bonds is 7. The fraction of sp³-hybridized carbons (Fsp3) is 0.231. The van der Waals surface area contributed by atoms with E-state index in [1.165, 1.54) is 17.4 Å². The lowest BCUT2D eigenvalue weighted by Crippen LogP contribution is -2.36. The maximum Gasteiger partial charge on any atom is 0.410 e. The average Bonchev–Trinajstić information content (AvgIpc) is 3.22. The minimum Gasteiger partial charge on any atom is -0.449 e. The van der Waals surface area contributed by atoms with Gasteiger partial charge in [0.2, 0.25) is 5.91 Å². The van der Waals surface area contributed by atoms with Crippen molar-refractivity contribution in [3.05, 3.63) is 88.1 Å². The summed E-state index contributed by atoms with van der Waals surface area (Å²) in [6.07, 6.45) is 8.42. The molecule has 1 N–H and O–H groups in total. The molecule has 3 aromatic rings. The van der Waals surface area contributed by atoms with Gasteiger partial charge in [-0.05, 0) is 48.1 Å². The first-order chi connectivity index (χ1) is 16.6. The number of nitrogens with zero attached hydrogens (tertiary/aromatic N) is 3. The number of ether oxygens (including phenoxy) is 1. The number of nitriles is 1. The third-order valence-electron chi connectivity index (χ3n) is 5.45. The van der Waals surface area contributed by atoms with Gasteiger partial charge in [-0.15, -0.1) is 11.3 Å². The van der Waals surface area contributed by atoms with Crippen molar-refractivity contribution in [3.8, 4) is 6.07 Å². The number of aryl methyl sites for hydroxylation is 1. The van der Waals surface area contributed by atoms with Gasteiger partial charge in [0.25, 0.3) is 0 Å². The summed E-state index contributed by atoms with van der Waals surface area (Å²) in [5.74, 6) is -0.302. The summed E-state index contributed by atoms with van der Waals surface area (Å²) in [6, 6.07) is 15.6. The van der Waals surface area contributed by atoms with Crippen LogP contribution in [0.1, 0.15) is 33.6 Å². The van der Waals surface area contributed by atoms with Gasteiger partial charge < -0.3 is 15.0 Å². The van der Waals surface area contributed by atoms with Crippen LogP contribution in [-0.4, -0.2) is 35.0 Å². The Morgan fingerprint density at radius 3 is 2.85 bits per heavy atom. The summed E-state index contributed by atoms with van der Waals surface area (Å²) in [7, 11) is 0. The molecule has 1 aliphatic rings. The van der Waals surface area contributed by atoms with Gasteiger partial charge >= 0.3 is 6.09 Å². The van der Waals surface area contributed by atoms with E-state index in [9.17, 15) is 14.9 Å². The van der Waals surface area contributed by atoms with Crippen LogP contribution in [0.4, 0.5) is 9.80 Å². The van der Waals surface area contributed by atoms with Gasteiger partial charge in [0.05, 0.1) is 18.7 Å². The number of fused-ring (bicyclic) bond motifs is 1. The Morgan fingerprint density at radius 2 is 2.09 bits per heavy atom. The predicted molar refractivity (Wildman–Crippen MR) is 131 cm³/mol. The van der Waals surface area contributed by atoms with Crippen LogP contribution in [0.5, 0.6) is 0 Å². The normalized spacial score (nSPS) is 12.7. The number of anilines is 1. The van der Waals surface area contributed by atoms with Crippen LogP contribution in [0.2, 0.25) is 0 Å². The van der Waals surface area contributed by atoms with E-state index in [4.69, 9.17) is 4.74 Å². The number of nitrogens with one attached hydrogen (secondary N) is 1. The molecule has 0 spiro atoms. The molecule has 0 atom stereocenters. The molecule has 172 valence electrons. The van der Waals surface area contributed by atoms with Crippen molar-refractivity contribution in [2.24, 2.45) is 0 Å². The van der Waals surface area contributed by atoms with Gasteiger partial charge in [-0.1, -0.05) is 36.4 Å². The molecule has 2 amide bonds. The molecule has 7 nitrogen and oxygen atoms in total. The van der Waals surface area contributed by atoms with Gasteiger partial charge in [0.15, 0.2) is 0 Å². The fourth-order valence-corrected chi connectivity index (χ4v) is 4.95. The summed E-state index contributed by atoms with van der Waals surface area (Å²) in [4.78, 5) is 31.6. The number of carbonyl (C=O) groups is 2. The number of benzene rings is 1. The molecule has 0 fully saturated rings. The maximum absolute atomic E-state index is 12.5. The molecular weight excluding hydrogens is 448 g/mol. The van der Waals surface area contributed by atoms with Crippen molar-refractivity contribution in [2.45, 2.75) is 25.8 Å². The Hall–Kier alpha value is -3.96. The van der Waals surface area contributed by atoms with Gasteiger partial charge in [-0.25, -0.2) is 4.79 Å². The summed E-state index contributed by atoms with van der Waals surface area (Å²) in [6.45, 7) is 1.17. The highest BCUT2D eigenvalue weighted by Crippen LogP contribution is 2.36. The number of thiophene rings is 1. The van der Waals surface area contributed by atoms with Crippen LogP contribution < -0.4 is 5.32 Å². The zero-order chi connectivity index (χ0) is 23.8. The second-order valence-electron chi connectivity index (χ2n) is 7.80. The molecule has 0 radical (unpaired) electrons. The number of pyridine rings is 1. The lowest BCUT2D eigenvalue weighted by molar-refractivity contribution is -0.111. The highest BCUT2D eigenvalue weighted by atomic mass is 32.1. The second-order valence-corrected chi connectivity index (χ2v) is 8.91. The fourth-order valence-electron chi connectivity index (χ4n) is 3.73. The summed E-state index contributed by atoms with van der Waals surface area (Å²) >= 11 is 1.34. The Morgan fingerprint density at radius 1 is 1.24 bits per heavy atom. The van der Waals surface area contributed by atoms with E-state index in [0.29, 0.717) is 36.7 Å². The van der Waals surface area contributed by atoms with Crippen LogP contribution in [0.25, 0.3) is 6.08 Å². The first-order valence-corrected chi connectivity index (χ1v) is 11.8. The van der Waals surface area contributed by atoms with Crippen LogP contribution in [0.3, 0.4) is 0 Å². The first-order valence-electron chi connectivity index (χ1n) is 11.0. The Labute approximate surface area is 202 Å². The lowest BCUT2D eigenvalue weighted by Gasteiger charge is -2.26. The van der Waals surface area contributed by atoms with Crippen LogP contribution in [0.15, 0.2) is 60.9 Å². The van der Waals surface area contributed by atoms with Gasteiger partial charge in [-0.3, -0.25) is 9.78 Å². The summed E-state index contributed by atoms with van der Waals surface area (Å²) < 4.78 is 5.45. The number of amides is 2. The van der Waals surface area contributed by atoms with E-state index < -0.39 is 0 Å². The smallest absolute Gasteiger partial charge is 0.410 e. The molecule has 8 heteroatoms. The highest BCUT2D eigenvalue weighted by Gasteiger charge is 2.28. The molecule has 2 aromatic heterocycles. The maximum atomic E-state index is 12.5. The molecule has 0 saturated carbocycles. The summed E-state index contributed by atoms with van der Waals surface area (Å²) in [5.41, 5.74) is 3.40. The van der Waals surface area contributed by atoms with Crippen LogP contribution >= 0.6 is 11.3 Å². The molecule has 3 heterocycles. The van der Waals surface area contributed by atoms with E-state index in [2.05, 4.69) is 16.4 Å². The topological polar surface area (TPSA) is 95.3 Å². The zero-order valence-electron chi connectivity index (χ0n) is 18.6. The molecule has 0 bridgehead atoms. The van der Waals surface area contributed by atoms with Gasteiger partial charge in [-0.2, -0.15) is 5.26 Å². The largest absolute Gasteiger partial charge is 0.449 e. The minimum atomic E-state index is -0.361. The molecule has 0 saturated heterocycles. The SMILES string of the molecule is N#Cc1c(NC(=O)/C=C/c2ccccc2)sc2c1CCN(C(=O)OCCCc1cccnc1)C2. The van der Waals surface area contributed by atoms with Crippen LogP contribution in [-0.2, 0) is 28.9 Å². The van der Waals surface area contributed by atoms with E-state index in [1.807, 2.05) is 48.7 Å². The van der Waals surface area contributed by atoms with E-state index >= 15 is 0 Å². The van der Waals surface area contributed by atoms with Crippen molar-refractivity contribution in [3.63, 3.8) is 0 Å². The number of aromatic nitrogens is 1. The zero-order valence-corrected chi connectivity index (χ0v) is 19.4. The molecule has 0 aliphatic carbocycles. The van der Waals surface area contributed by atoms with E-state index in [0.717, 1.165) is 34.4 Å². The Balaban J connectivity index is 1.32. The van der Waals surface area contributed by atoms with Crippen molar-refractivity contribution in [2.75, 3.05) is 18.5 Å². The van der Waals surface area contributed by atoms with Crippen molar-refractivity contribution in [1.82, 2.24) is 9.88 Å². The Bertz CT molecular complexity index is 1220. The third kappa shape index (κ3) is 5.88. The minimum absolute atomic E-state index is 0.302. The predicted octanol–water partition coefficient (Wildman–Crippen LogP) is 4.79. The Kier molecular flexibility index (Phi) is 7.68. The van der Waals surface area contributed by atoms with E-state index in [1.54, 1.807) is 17.2 Å². The van der Waals surface area contributed by atoms with Crippen LogP contribution in [0, 0.1) is 11.3 Å². The van der Waals surface area contributed by atoms with E-state index in [-0.39, 0.29) is 12.0 Å². The quantitative estimate of drug-likeness (QED) is 0.394. The lowest BCUT2D eigenvalue weighted by atomic mass is 10.0. The molecule has 1 aromatic carbocycles. The average molecular weight is 473 g/mol. The molecule has 1 aliphatic heterocycles. The third-order valence-corrected chi connectivity index (χ3v) is 6.58. The van der Waals surface area contributed by atoms with Gasteiger partial charge in [0.1, 0.15) is 11.1 Å². The molecule has 0 unspecified atom stereocenters. The standard InChI is InChI=1S/C26H24N4O3S/c27-16-22-21-12-14-30(26(32)33-15-5-9-20-8-4-13-28-17-20)18-23(21)34-25(22)29-24(31)11-10-19-6-2-1-3-7-19/h1-4,6-8,10-11,13,17H,5,9,12,14-15,18H2,(H,29,31)/b11-10+.